The number of para-hydroxylation sites is 1. The Kier molecular flexibility index (Phi) is 5.03. The van der Waals surface area contributed by atoms with E-state index in [0.717, 1.165) is 44.0 Å². The van der Waals surface area contributed by atoms with Crippen LogP contribution < -0.4 is 0 Å². The lowest BCUT2D eigenvalue weighted by molar-refractivity contribution is 0.670. The van der Waals surface area contributed by atoms with Gasteiger partial charge in [-0.1, -0.05) is 103 Å². The molecule has 0 unspecified atom stereocenters. The zero-order chi connectivity index (χ0) is 27.6. The van der Waals surface area contributed by atoms with Crippen molar-refractivity contribution < 1.29 is 4.42 Å². The van der Waals surface area contributed by atoms with E-state index in [4.69, 9.17) is 19.4 Å². The van der Waals surface area contributed by atoms with Crippen molar-refractivity contribution in [1.82, 2.24) is 15.0 Å². The minimum atomic E-state index is 0.591. The van der Waals surface area contributed by atoms with Crippen LogP contribution in [0.15, 0.2) is 132 Å². The highest BCUT2D eigenvalue weighted by atomic mass is 32.1. The first kappa shape index (κ1) is 23.3. The number of thiophene rings is 1. The van der Waals surface area contributed by atoms with E-state index in [1.165, 1.54) is 25.6 Å². The fourth-order valence-electron chi connectivity index (χ4n) is 5.90. The molecule has 0 bridgehead atoms. The summed E-state index contributed by atoms with van der Waals surface area (Å²) in [6.45, 7) is 0. The first-order chi connectivity index (χ1) is 20.8. The molecular weight excluding hydrogens is 534 g/mol. The number of hydrogen-bond acceptors (Lipinski definition) is 5. The highest BCUT2D eigenvalue weighted by Gasteiger charge is 2.22. The van der Waals surface area contributed by atoms with Crippen LogP contribution in [0.5, 0.6) is 0 Å². The van der Waals surface area contributed by atoms with Crippen molar-refractivity contribution in [2.45, 2.75) is 0 Å². The van der Waals surface area contributed by atoms with Gasteiger partial charge < -0.3 is 4.42 Å². The number of rotatable bonds is 3. The van der Waals surface area contributed by atoms with Crippen LogP contribution >= 0.6 is 11.3 Å². The van der Waals surface area contributed by atoms with Crippen LogP contribution in [0.4, 0.5) is 0 Å². The van der Waals surface area contributed by atoms with Gasteiger partial charge in [-0.25, -0.2) is 15.0 Å². The summed E-state index contributed by atoms with van der Waals surface area (Å²) in [6, 6.07) is 43.8. The molecule has 9 rings (SSSR count). The molecule has 0 fully saturated rings. The molecule has 0 aliphatic heterocycles. The van der Waals surface area contributed by atoms with E-state index < -0.39 is 0 Å². The normalized spacial score (nSPS) is 11.8. The average molecular weight is 556 g/mol. The Morgan fingerprint density at radius 2 is 1.19 bits per heavy atom. The number of furan rings is 1. The number of benzene rings is 6. The van der Waals surface area contributed by atoms with Crippen LogP contribution in [0, 0.1) is 0 Å². The van der Waals surface area contributed by atoms with Crippen molar-refractivity contribution in [3.8, 4) is 34.2 Å². The lowest BCUT2D eigenvalue weighted by Gasteiger charge is -2.10. The molecule has 0 aliphatic rings. The SMILES string of the molecule is c1ccc(-c2nc(-c3ccc4ccccc4c3)nc(-c3cc4c5ccccc5sc4c4c3oc3ccccc34)n2)cc1. The van der Waals surface area contributed by atoms with Gasteiger partial charge in [0.25, 0.3) is 0 Å². The van der Waals surface area contributed by atoms with Crippen molar-refractivity contribution in [1.29, 1.82) is 0 Å². The van der Waals surface area contributed by atoms with E-state index in [9.17, 15) is 0 Å². The van der Waals surface area contributed by atoms with Gasteiger partial charge >= 0.3 is 0 Å². The fraction of sp³-hybridized carbons (Fsp3) is 0. The molecule has 196 valence electrons. The van der Waals surface area contributed by atoms with E-state index in [1.54, 1.807) is 11.3 Å². The molecule has 3 heterocycles. The summed E-state index contributed by atoms with van der Waals surface area (Å²) in [7, 11) is 0. The van der Waals surface area contributed by atoms with Crippen LogP contribution in [0.2, 0.25) is 0 Å². The van der Waals surface area contributed by atoms with E-state index in [2.05, 4.69) is 84.9 Å². The van der Waals surface area contributed by atoms with Gasteiger partial charge in [-0.05, 0) is 35.0 Å². The van der Waals surface area contributed by atoms with Crippen molar-refractivity contribution >= 4 is 64.2 Å². The third kappa shape index (κ3) is 3.57. The summed E-state index contributed by atoms with van der Waals surface area (Å²) < 4.78 is 9.06. The number of hydrogen-bond donors (Lipinski definition) is 0. The van der Waals surface area contributed by atoms with Gasteiger partial charge in [-0.15, -0.1) is 11.3 Å². The molecular formula is C37H21N3OS. The van der Waals surface area contributed by atoms with Gasteiger partial charge in [0.2, 0.25) is 0 Å². The summed E-state index contributed by atoms with van der Waals surface area (Å²) >= 11 is 1.80. The molecule has 4 nitrogen and oxygen atoms in total. The Morgan fingerprint density at radius 1 is 0.500 bits per heavy atom. The van der Waals surface area contributed by atoms with Crippen LogP contribution in [0.3, 0.4) is 0 Å². The molecule has 3 aromatic heterocycles. The second-order valence-corrected chi connectivity index (χ2v) is 11.5. The molecule has 5 heteroatoms. The summed E-state index contributed by atoms with van der Waals surface area (Å²) in [5.74, 6) is 1.85. The van der Waals surface area contributed by atoms with Gasteiger partial charge in [0.05, 0.1) is 5.56 Å². The highest BCUT2D eigenvalue weighted by Crippen LogP contribution is 2.46. The van der Waals surface area contributed by atoms with E-state index in [1.807, 2.05) is 42.5 Å². The maximum absolute atomic E-state index is 6.60. The molecule has 0 atom stereocenters. The second-order valence-electron chi connectivity index (χ2n) is 10.4. The highest BCUT2D eigenvalue weighted by molar-refractivity contribution is 7.26. The maximum atomic E-state index is 6.60. The summed E-state index contributed by atoms with van der Waals surface area (Å²) in [6.07, 6.45) is 0. The third-order valence-corrected chi connectivity index (χ3v) is 9.11. The molecule has 0 spiro atoms. The quantitative estimate of drug-likeness (QED) is 0.218. The zero-order valence-electron chi connectivity index (χ0n) is 22.3. The largest absolute Gasteiger partial charge is 0.455 e. The molecule has 0 saturated heterocycles. The molecule has 9 aromatic rings. The lowest BCUT2D eigenvalue weighted by atomic mass is 10.0. The number of fused-ring (bicyclic) bond motifs is 8. The summed E-state index contributed by atoms with van der Waals surface area (Å²) in [5.41, 5.74) is 4.39. The third-order valence-electron chi connectivity index (χ3n) is 7.91. The molecule has 42 heavy (non-hydrogen) atoms. The lowest BCUT2D eigenvalue weighted by Crippen LogP contribution is -2.00. The monoisotopic (exact) mass is 555 g/mol. The van der Waals surface area contributed by atoms with Crippen LogP contribution in [-0.2, 0) is 0 Å². The van der Waals surface area contributed by atoms with E-state index >= 15 is 0 Å². The first-order valence-electron chi connectivity index (χ1n) is 13.9. The van der Waals surface area contributed by atoms with E-state index in [0.29, 0.717) is 17.5 Å². The van der Waals surface area contributed by atoms with Gasteiger partial charge in [0.1, 0.15) is 11.2 Å². The van der Waals surface area contributed by atoms with Gasteiger partial charge in [-0.3, -0.25) is 0 Å². The van der Waals surface area contributed by atoms with Crippen LogP contribution in [0.1, 0.15) is 0 Å². The predicted molar refractivity (Wildman–Crippen MR) is 174 cm³/mol. The minimum absolute atomic E-state index is 0.591. The topological polar surface area (TPSA) is 51.8 Å². The van der Waals surface area contributed by atoms with Gasteiger partial charge in [0.15, 0.2) is 17.5 Å². The van der Waals surface area contributed by atoms with Crippen molar-refractivity contribution in [3.63, 3.8) is 0 Å². The van der Waals surface area contributed by atoms with Gasteiger partial charge in [-0.2, -0.15) is 0 Å². The molecule has 6 aromatic carbocycles. The van der Waals surface area contributed by atoms with Crippen molar-refractivity contribution in [2.75, 3.05) is 0 Å². The Morgan fingerprint density at radius 3 is 2.07 bits per heavy atom. The van der Waals surface area contributed by atoms with Crippen molar-refractivity contribution in [2.24, 2.45) is 0 Å². The standard InChI is InChI=1S/C37H21N3OS/c1-2-11-23(12-3-1)35-38-36(25-19-18-22-10-4-5-13-24(22)20-25)40-37(39-35)29-21-28-26-14-7-9-17-31(26)42-34(28)32-27-15-6-8-16-30(27)41-33(29)32/h1-21H. The summed E-state index contributed by atoms with van der Waals surface area (Å²) in [5, 5.41) is 6.92. The Balaban J connectivity index is 1.39. The molecule has 0 saturated carbocycles. The smallest absolute Gasteiger partial charge is 0.167 e. The predicted octanol–water partition coefficient (Wildman–Crippen LogP) is 10.3. The molecule has 0 N–H and O–H groups in total. The fourth-order valence-corrected chi connectivity index (χ4v) is 7.14. The van der Waals surface area contributed by atoms with Crippen LogP contribution in [0.25, 0.3) is 87.0 Å². The molecule has 0 radical (unpaired) electrons. The second kappa shape index (κ2) is 9.06. The number of aromatic nitrogens is 3. The minimum Gasteiger partial charge on any atom is -0.455 e. The molecule has 0 aliphatic carbocycles. The van der Waals surface area contributed by atoms with E-state index in [-0.39, 0.29) is 0 Å². The zero-order valence-corrected chi connectivity index (χ0v) is 23.1. The van der Waals surface area contributed by atoms with Gasteiger partial charge in [0, 0.05) is 42.1 Å². The Bertz CT molecular complexity index is 2480. The molecule has 0 amide bonds. The van der Waals surface area contributed by atoms with Crippen LogP contribution in [-0.4, -0.2) is 15.0 Å². The first-order valence-corrected chi connectivity index (χ1v) is 14.7. The Hall–Kier alpha value is -5.39. The Labute approximate surface area is 244 Å². The number of nitrogens with zero attached hydrogens (tertiary/aromatic N) is 3. The summed E-state index contributed by atoms with van der Waals surface area (Å²) in [4.78, 5) is 15.2. The van der Waals surface area contributed by atoms with Crippen molar-refractivity contribution in [3.05, 3.63) is 127 Å². The maximum Gasteiger partial charge on any atom is 0.167 e. The average Bonchev–Trinajstić information content (AvgIpc) is 3.63.